The molecule has 1 atom stereocenters. The molecule has 0 aliphatic heterocycles. The zero-order valence-electron chi connectivity index (χ0n) is 12.3. The van der Waals surface area contributed by atoms with Gasteiger partial charge in [-0.1, -0.05) is 18.2 Å². The Bertz CT molecular complexity index is 417. The number of hydrogen-bond acceptors (Lipinski definition) is 3. The smallest absolute Gasteiger partial charge is 0.0611 e. The number of rotatable bonds is 7. The van der Waals surface area contributed by atoms with Gasteiger partial charge in [0.25, 0.3) is 0 Å². The monoisotopic (exact) mass is 262 g/mol. The number of para-hydroxylation sites is 1. The summed E-state index contributed by atoms with van der Waals surface area (Å²) < 4.78 is 0. The zero-order valence-corrected chi connectivity index (χ0v) is 12.3. The highest BCUT2D eigenvalue weighted by atomic mass is 16.3. The van der Waals surface area contributed by atoms with E-state index in [0.29, 0.717) is 6.04 Å². The molecule has 1 aliphatic carbocycles. The van der Waals surface area contributed by atoms with E-state index in [0.717, 1.165) is 13.0 Å². The van der Waals surface area contributed by atoms with Gasteiger partial charge in [-0.2, -0.15) is 0 Å². The molecule has 1 aromatic rings. The molecule has 0 saturated heterocycles. The molecule has 106 valence electrons. The van der Waals surface area contributed by atoms with Gasteiger partial charge in [0.05, 0.1) is 6.61 Å². The Labute approximate surface area is 116 Å². The number of aliphatic hydroxyl groups excluding tert-OH is 1. The average molecular weight is 262 g/mol. The van der Waals surface area contributed by atoms with Crippen molar-refractivity contribution in [3.63, 3.8) is 0 Å². The van der Waals surface area contributed by atoms with Crippen molar-refractivity contribution in [1.29, 1.82) is 0 Å². The second-order valence-corrected chi connectivity index (χ2v) is 6.10. The molecule has 3 heteroatoms. The van der Waals surface area contributed by atoms with Crippen molar-refractivity contribution in [2.75, 3.05) is 25.1 Å². The van der Waals surface area contributed by atoms with Crippen molar-refractivity contribution in [3.8, 4) is 0 Å². The van der Waals surface area contributed by atoms with Gasteiger partial charge < -0.3 is 15.3 Å². The van der Waals surface area contributed by atoms with Gasteiger partial charge in [0.1, 0.15) is 0 Å². The van der Waals surface area contributed by atoms with E-state index in [9.17, 15) is 5.11 Å². The van der Waals surface area contributed by atoms with Gasteiger partial charge in [-0.3, -0.25) is 0 Å². The standard InChI is InChI=1S/C16H26N2O/c1-13-6-4-5-7-15(13)18(3)11-10-16(2,12-19)17-14-8-9-14/h4-7,14,17,19H,8-12H2,1-3H3. The minimum atomic E-state index is -0.155. The summed E-state index contributed by atoms with van der Waals surface area (Å²) in [7, 11) is 2.12. The molecule has 1 fully saturated rings. The van der Waals surface area contributed by atoms with Crippen LogP contribution in [0, 0.1) is 6.92 Å². The van der Waals surface area contributed by atoms with Gasteiger partial charge in [-0.25, -0.2) is 0 Å². The van der Waals surface area contributed by atoms with Crippen molar-refractivity contribution < 1.29 is 5.11 Å². The van der Waals surface area contributed by atoms with Crippen LogP contribution in [0.1, 0.15) is 31.7 Å². The Morgan fingerprint density at radius 2 is 2.05 bits per heavy atom. The zero-order chi connectivity index (χ0) is 13.9. The lowest BCUT2D eigenvalue weighted by Gasteiger charge is -2.32. The van der Waals surface area contributed by atoms with Crippen molar-refractivity contribution in [2.45, 2.75) is 44.7 Å². The predicted molar refractivity (Wildman–Crippen MR) is 80.7 cm³/mol. The van der Waals surface area contributed by atoms with E-state index in [1.807, 2.05) is 0 Å². The maximum absolute atomic E-state index is 9.62. The van der Waals surface area contributed by atoms with Crippen LogP contribution in [0.5, 0.6) is 0 Å². The lowest BCUT2D eigenvalue weighted by Crippen LogP contribution is -2.48. The predicted octanol–water partition coefficient (Wildman–Crippen LogP) is 2.32. The van der Waals surface area contributed by atoms with E-state index in [1.165, 1.54) is 24.1 Å². The number of benzene rings is 1. The van der Waals surface area contributed by atoms with Gasteiger partial charge in [0.2, 0.25) is 0 Å². The van der Waals surface area contributed by atoms with Crippen LogP contribution in [0.2, 0.25) is 0 Å². The normalized spacial score (nSPS) is 18.1. The molecule has 1 unspecified atom stereocenters. The molecule has 0 amide bonds. The summed E-state index contributed by atoms with van der Waals surface area (Å²) in [6.45, 7) is 5.41. The van der Waals surface area contributed by atoms with Gasteiger partial charge in [-0.05, 0) is 44.7 Å². The largest absolute Gasteiger partial charge is 0.394 e. The molecule has 2 N–H and O–H groups in total. The Morgan fingerprint density at radius 1 is 1.37 bits per heavy atom. The first-order chi connectivity index (χ1) is 9.04. The number of anilines is 1. The fourth-order valence-electron chi connectivity index (χ4n) is 2.44. The maximum atomic E-state index is 9.62. The molecule has 19 heavy (non-hydrogen) atoms. The fourth-order valence-corrected chi connectivity index (χ4v) is 2.44. The van der Waals surface area contributed by atoms with E-state index in [2.05, 4.69) is 55.4 Å². The fraction of sp³-hybridized carbons (Fsp3) is 0.625. The summed E-state index contributed by atoms with van der Waals surface area (Å²) in [6.07, 6.45) is 3.46. The molecule has 1 aromatic carbocycles. The maximum Gasteiger partial charge on any atom is 0.0611 e. The van der Waals surface area contributed by atoms with Gasteiger partial charge in [0, 0.05) is 30.9 Å². The molecular formula is C16H26N2O. The molecule has 0 bridgehead atoms. The molecule has 2 rings (SSSR count). The number of aryl methyl sites for hydroxylation is 1. The molecular weight excluding hydrogens is 236 g/mol. The summed E-state index contributed by atoms with van der Waals surface area (Å²) in [5.41, 5.74) is 2.41. The van der Waals surface area contributed by atoms with E-state index < -0.39 is 0 Å². The highest BCUT2D eigenvalue weighted by Gasteiger charge is 2.31. The highest BCUT2D eigenvalue weighted by Crippen LogP contribution is 2.25. The van der Waals surface area contributed by atoms with E-state index >= 15 is 0 Å². The third-order valence-electron chi connectivity index (χ3n) is 4.00. The van der Waals surface area contributed by atoms with Crippen molar-refractivity contribution >= 4 is 5.69 Å². The first-order valence-corrected chi connectivity index (χ1v) is 7.19. The summed E-state index contributed by atoms with van der Waals surface area (Å²) in [5, 5.41) is 13.2. The second-order valence-electron chi connectivity index (χ2n) is 6.10. The molecule has 0 radical (unpaired) electrons. The molecule has 0 aromatic heterocycles. The van der Waals surface area contributed by atoms with Crippen LogP contribution in [0.15, 0.2) is 24.3 Å². The topological polar surface area (TPSA) is 35.5 Å². The summed E-state index contributed by atoms with van der Waals surface area (Å²) in [5.74, 6) is 0. The molecule has 1 aliphatic rings. The minimum Gasteiger partial charge on any atom is -0.394 e. The number of aliphatic hydroxyl groups is 1. The van der Waals surface area contributed by atoms with Crippen LogP contribution in [-0.2, 0) is 0 Å². The number of nitrogens with one attached hydrogen (secondary N) is 1. The van der Waals surface area contributed by atoms with Crippen LogP contribution < -0.4 is 10.2 Å². The van der Waals surface area contributed by atoms with E-state index in [4.69, 9.17) is 0 Å². The average Bonchev–Trinajstić information content (AvgIpc) is 3.20. The second kappa shape index (κ2) is 5.93. The lowest BCUT2D eigenvalue weighted by atomic mass is 9.98. The Hall–Kier alpha value is -1.06. The van der Waals surface area contributed by atoms with Crippen molar-refractivity contribution in [1.82, 2.24) is 5.32 Å². The summed E-state index contributed by atoms with van der Waals surface area (Å²) in [6, 6.07) is 9.06. The van der Waals surface area contributed by atoms with Gasteiger partial charge in [0.15, 0.2) is 0 Å². The lowest BCUT2D eigenvalue weighted by molar-refractivity contribution is 0.165. The summed E-state index contributed by atoms with van der Waals surface area (Å²) >= 11 is 0. The third-order valence-corrected chi connectivity index (χ3v) is 4.00. The molecule has 1 saturated carbocycles. The van der Waals surface area contributed by atoms with Crippen molar-refractivity contribution in [3.05, 3.63) is 29.8 Å². The van der Waals surface area contributed by atoms with E-state index in [-0.39, 0.29) is 12.1 Å². The first-order valence-electron chi connectivity index (χ1n) is 7.19. The third kappa shape index (κ3) is 3.95. The van der Waals surface area contributed by atoms with Crippen LogP contribution in [0.3, 0.4) is 0 Å². The molecule has 0 spiro atoms. The summed E-state index contributed by atoms with van der Waals surface area (Å²) in [4.78, 5) is 2.28. The quantitative estimate of drug-likeness (QED) is 0.791. The highest BCUT2D eigenvalue weighted by molar-refractivity contribution is 5.52. The Balaban J connectivity index is 1.91. The molecule has 3 nitrogen and oxygen atoms in total. The number of hydrogen-bond donors (Lipinski definition) is 2. The first kappa shape index (κ1) is 14.4. The Morgan fingerprint density at radius 3 is 2.63 bits per heavy atom. The van der Waals surface area contributed by atoms with Crippen LogP contribution in [0.25, 0.3) is 0 Å². The van der Waals surface area contributed by atoms with Gasteiger partial charge in [-0.15, -0.1) is 0 Å². The number of nitrogens with zero attached hydrogens (tertiary/aromatic N) is 1. The van der Waals surface area contributed by atoms with Crippen LogP contribution >= 0.6 is 0 Å². The van der Waals surface area contributed by atoms with Crippen LogP contribution in [0.4, 0.5) is 5.69 Å². The van der Waals surface area contributed by atoms with Crippen molar-refractivity contribution in [2.24, 2.45) is 0 Å². The van der Waals surface area contributed by atoms with Gasteiger partial charge >= 0.3 is 0 Å². The molecule has 0 heterocycles. The minimum absolute atomic E-state index is 0.155. The van der Waals surface area contributed by atoms with Crippen LogP contribution in [-0.4, -0.2) is 36.9 Å². The SMILES string of the molecule is Cc1ccccc1N(C)CCC(C)(CO)NC1CC1. The van der Waals surface area contributed by atoms with E-state index in [1.54, 1.807) is 0 Å². The Kier molecular flexibility index (Phi) is 4.48.